The van der Waals surface area contributed by atoms with Crippen molar-refractivity contribution in [2.75, 3.05) is 4.90 Å². The highest BCUT2D eigenvalue weighted by atomic mass is 15.1. The summed E-state index contributed by atoms with van der Waals surface area (Å²) >= 11 is 0. The van der Waals surface area contributed by atoms with Crippen LogP contribution in [0.1, 0.15) is 47.2 Å². The molecule has 0 fully saturated rings. The zero-order valence-corrected chi connectivity index (χ0v) is 29.7. The van der Waals surface area contributed by atoms with Gasteiger partial charge in [0.25, 0.3) is 0 Å². The average molecular weight is 674 g/mol. The first kappa shape index (κ1) is 29.2. The lowest BCUT2D eigenvalue weighted by atomic mass is 9.73. The molecule has 53 heavy (non-hydrogen) atoms. The van der Waals surface area contributed by atoms with Crippen LogP contribution in [0.2, 0.25) is 0 Å². The van der Waals surface area contributed by atoms with Gasteiger partial charge in [-0.15, -0.1) is 0 Å². The number of fused-ring (bicyclic) bond motifs is 8. The number of anilines is 3. The van der Waals surface area contributed by atoms with Crippen LogP contribution in [-0.4, -0.2) is 0 Å². The van der Waals surface area contributed by atoms with E-state index >= 15 is 0 Å². The highest BCUT2D eigenvalue weighted by Gasteiger charge is 2.57. The number of benzene rings is 8. The van der Waals surface area contributed by atoms with Crippen molar-refractivity contribution in [1.29, 1.82) is 0 Å². The van der Waals surface area contributed by atoms with Crippen LogP contribution in [0.25, 0.3) is 55.6 Å². The molecule has 4 aliphatic carbocycles. The van der Waals surface area contributed by atoms with E-state index in [1.54, 1.807) is 0 Å². The van der Waals surface area contributed by atoms with Gasteiger partial charge in [0, 0.05) is 22.2 Å². The molecule has 0 bridgehead atoms. The SMILES string of the molecule is CC1(C)c2ccccc2-c2c(N(c3ccc4c(c3)C35c6ccccc6-c6cccc(c63)-c3cccc-4c35)c3ccccc3-c3ccccc3)cccc21. The van der Waals surface area contributed by atoms with Crippen molar-refractivity contribution in [3.63, 3.8) is 0 Å². The third kappa shape index (κ3) is 3.48. The number of rotatable bonds is 4. The summed E-state index contributed by atoms with van der Waals surface area (Å²) in [4.78, 5) is 2.56. The zero-order valence-electron chi connectivity index (χ0n) is 29.7. The molecule has 248 valence electrons. The summed E-state index contributed by atoms with van der Waals surface area (Å²) in [5, 5.41) is 0. The fourth-order valence-corrected chi connectivity index (χ4v) is 10.7. The van der Waals surface area contributed by atoms with E-state index in [1.807, 2.05) is 0 Å². The van der Waals surface area contributed by atoms with Crippen molar-refractivity contribution in [1.82, 2.24) is 0 Å². The van der Waals surface area contributed by atoms with Gasteiger partial charge in [0.2, 0.25) is 0 Å². The summed E-state index contributed by atoms with van der Waals surface area (Å²) in [6.07, 6.45) is 0. The highest BCUT2D eigenvalue weighted by molar-refractivity contribution is 6.07. The normalized spacial score (nSPS) is 16.7. The van der Waals surface area contributed by atoms with Crippen molar-refractivity contribution in [2.45, 2.75) is 24.7 Å². The summed E-state index contributed by atoms with van der Waals surface area (Å²) in [5.41, 5.74) is 24.7. The first-order valence-electron chi connectivity index (χ1n) is 18.8. The van der Waals surface area contributed by atoms with Gasteiger partial charge in [-0.05, 0) is 102 Å². The van der Waals surface area contributed by atoms with Gasteiger partial charge in [-0.25, -0.2) is 0 Å². The Morgan fingerprint density at radius 3 is 1.60 bits per heavy atom. The van der Waals surface area contributed by atoms with Gasteiger partial charge in [-0.2, -0.15) is 0 Å². The molecule has 12 rings (SSSR count). The topological polar surface area (TPSA) is 3.24 Å². The molecule has 8 aromatic carbocycles. The van der Waals surface area contributed by atoms with Gasteiger partial charge in [0.15, 0.2) is 0 Å². The number of hydrogen-bond donors (Lipinski definition) is 0. The second-order valence-electron chi connectivity index (χ2n) is 15.6. The van der Waals surface area contributed by atoms with Crippen LogP contribution in [0.15, 0.2) is 176 Å². The average Bonchev–Trinajstić information content (AvgIpc) is 3.87. The Morgan fingerprint density at radius 1 is 0.358 bits per heavy atom. The quantitative estimate of drug-likeness (QED) is 0.180. The Kier molecular flexibility index (Phi) is 5.57. The van der Waals surface area contributed by atoms with E-state index in [0.29, 0.717) is 0 Å². The van der Waals surface area contributed by atoms with Crippen LogP contribution in [0, 0.1) is 0 Å². The van der Waals surface area contributed by atoms with Crippen LogP contribution in [0.4, 0.5) is 17.1 Å². The van der Waals surface area contributed by atoms with Crippen molar-refractivity contribution in [2.24, 2.45) is 0 Å². The van der Waals surface area contributed by atoms with Gasteiger partial charge in [-0.1, -0.05) is 166 Å². The maximum absolute atomic E-state index is 2.56. The molecule has 4 aliphatic rings. The molecule has 1 nitrogen and oxygen atoms in total. The summed E-state index contributed by atoms with van der Waals surface area (Å²) < 4.78 is 0. The molecule has 0 aliphatic heterocycles. The Bertz CT molecular complexity index is 2840. The fraction of sp³-hybridized carbons (Fsp3) is 0.0769. The summed E-state index contributed by atoms with van der Waals surface area (Å²) in [5.74, 6) is 0. The molecule has 0 aromatic heterocycles. The first-order chi connectivity index (χ1) is 26.1. The Labute approximate surface area is 310 Å². The van der Waals surface area contributed by atoms with E-state index in [-0.39, 0.29) is 10.8 Å². The van der Waals surface area contributed by atoms with Gasteiger partial charge >= 0.3 is 0 Å². The predicted molar refractivity (Wildman–Crippen MR) is 219 cm³/mol. The molecule has 1 unspecified atom stereocenters. The molecular formula is C52H35N. The van der Waals surface area contributed by atoms with E-state index in [4.69, 9.17) is 0 Å². The highest BCUT2D eigenvalue weighted by Crippen LogP contribution is 2.70. The number of nitrogens with zero attached hydrogens (tertiary/aromatic N) is 1. The molecule has 0 radical (unpaired) electrons. The molecule has 1 spiro atoms. The second kappa shape index (κ2) is 10.1. The zero-order chi connectivity index (χ0) is 35.1. The molecule has 0 saturated heterocycles. The van der Waals surface area contributed by atoms with Crippen LogP contribution >= 0.6 is 0 Å². The van der Waals surface area contributed by atoms with Crippen molar-refractivity contribution >= 4 is 17.1 Å². The van der Waals surface area contributed by atoms with Crippen molar-refractivity contribution in [3.05, 3.63) is 209 Å². The number of para-hydroxylation sites is 1. The lowest BCUT2D eigenvalue weighted by molar-refractivity contribution is 0.660. The second-order valence-corrected chi connectivity index (χ2v) is 15.6. The number of hydrogen-bond acceptors (Lipinski definition) is 1. The van der Waals surface area contributed by atoms with Crippen molar-refractivity contribution < 1.29 is 0 Å². The minimum absolute atomic E-state index is 0.112. The maximum Gasteiger partial charge on any atom is 0.0738 e. The summed E-state index contributed by atoms with van der Waals surface area (Å²) in [6.45, 7) is 4.75. The van der Waals surface area contributed by atoms with Crippen LogP contribution in [0.5, 0.6) is 0 Å². The molecular weight excluding hydrogens is 639 g/mol. The van der Waals surface area contributed by atoms with Gasteiger partial charge in [0.1, 0.15) is 0 Å². The predicted octanol–water partition coefficient (Wildman–Crippen LogP) is 13.5. The lowest BCUT2D eigenvalue weighted by Gasteiger charge is -2.32. The van der Waals surface area contributed by atoms with E-state index in [1.165, 1.54) is 106 Å². The van der Waals surface area contributed by atoms with Gasteiger partial charge in [-0.3, -0.25) is 0 Å². The van der Waals surface area contributed by atoms with Gasteiger partial charge in [0.05, 0.1) is 16.8 Å². The minimum atomic E-state index is -0.350. The van der Waals surface area contributed by atoms with Gasteiger partial charge < -0.3 is 4.90 Å². The van der Waals surface area contributed by atoms with Crippen molar-refractivity contribution in [3.8, 4) is 55.6 Å². The Morgan fingerprint density at radius 2 is 0.868 bits per heavy atom. The summed E-state index contributed by atoms with van der Waals surface area (Å²) in [6, 6.07) is 66.1. The molecule has 0 amide bonds. The van der Waals surface area contributed by atoms with Crippen LogP contribution in [0.3, 0.4) is 0 Å². The molecule has 0 N–H and O–H groups in total. The Hall–Kier alpha value is -6.44. The Balaban J connectivity index is 1.18. The molecule has 0 saturated carbocycles. The maximum atomic E-state index is 2.56. The molecule has 1 heteroatoms. The van der Waals surface area contributed by atoms with Crippen LogP contribution < -0.4 is 4.90 Å². The minimum Gasteiger partial charge on any atom is -0.309 e. The summed E-state index contributed by atoms with van der Waals surface area (Å²) in [7, 11) is 0. The molecule has 0 heterocycles. The smallest absolute Gasteiger partial charge is 0.0738 e. The van der Waals surface area contributed by atoms with E-state index in [0.717, 1.165) is 0 Å². The first-order valence-corrected chi connectivity index (χ1v) is 18.8. The molecule has 1 atom stereocenters. The monoisotopic (exact) mass is 673 g/mol. The third-order valence-electron chi connectivity index (χ3n) is 12.8. The van der Waals surface area contributed by atoms with Crippen LogP contribution in [-0.2, 0) is 10.8 Å². The fourth-order valence-electron chi connectivity index (χ4n) is 10.7. The van der Waals surface area contributed by atoms with E-state index in [2.05, 4.69) is 195 Å². The largest absolute Gasteiger partial charge is 0.309 e. The van der Waals surface area contributed by atoms with E-state index in [9.17, 15) is 0 Å². The third-order valence-corrected chi connectivity index (χ3v) is 12.8. The molecule has 8 aromatic rings. The lowest BCUT2D eigenvalue weighted by Crippen LogP contribution is -2.24. The standard InChI is InChI=1S/C52H35N/c1-51(2)42-24-9-7-19-41(42)48-44(51)26-14-28-47(48)53(46-27-11-8-17-34(46)32-15-4-3-5-16-32)33-29-30-36-38-21-13-23-40-39-22-12-20-37-35-18-6-10-25-43(35)52(49(37)39,50(38)40)45(36)31-33/h3-31H,1-2H3. The van der Waals surface area contributed by atoms with E-state index < -0.39 is 0 Å².